The molecule has 0 saturated heterocycles. The number of nitrogens with one attached hydrogen (secondary N) is 1. The van der Waals surface area contributed by atoms with E-state index >= 15 is 0 Å². The van der Waals surface area contributed by atoms with Gasteiger partial charge in [0, 0.05) is 6.04 Å². The fourth-order valence-electron chi connectivity index (χ4n) is 1.90. The van der Waals surface area contributed by atoms with Crippen LogP contribution in [0.15, 0.2) is 42.5 Å². The number of fused-ring (bicyclic) bond motifs is 1. The Labute approximate surface area is 113 Å². The third-order valence-electron chi connectivity index (χ3n) is 2.83. The number of benzene rings is 2. The lowest BCUT2D eigenvalue weighted by atomic mass is 10.1. The van der Waals surface area contributed by atoms with Crippen LogP contribution in [0.5, 0.6) is 5.75 Å². The van der Waals surface area contributed by atoms with Crippen LogP contribution in [0, 0.1) is 0 Å². The van der Waals surface area contributed by atoms with E-state index in [2.05, 4.69) is 5.32 Å². The van der Waals surface area contributed by atoms with Gasteiger partial charge in [-0.05, 0) is 43.7 Å². The van der Waals surface area contributed by atoms with Crippen LogP contribution < -0.4 is 10.1 Å². The fourth-order valence-corrected chi connectivity index (χ4v) is 1.90. The molecule has 0 radical (unpaired) electrons. The highest BCUT2D eigenvalue weighted by molar-refractivity contribution is 5.84. The summed E-state index contributed by atoms with van der Waals surface area (Å²) in [5.41, 5.74) is 0. The van der Waals surface area contributed by atoms with Crippen molar-refractivity contribution in [3.05, 3.63) is 42.5 Å². The van der Waals surface area contributed by atoms with Crippen molar-refractivity contribution < 1.29 is 9.53 Å². The molecule has 19 heavy (non-hydrogen) atoms. The molecule has 0 fully saturated rings. The average molecular weight is 257 g/mol. The molecule has 2 aromatic carbocycles. The lowest BCUT2D eigenvalue weighted by molar-refractivity contribution is -0.127. The zero-order chi connectivity index (χ0) is 13.8. The molecule has 100 valence electrons. The third-order valence-corrected chi connectivity index (χ3v) is 2.83. The molecule has 0 bridgehead atoms. The molecule has 3 nitrogen and oxygen atoms in total. The molecule has 0 aliphatic carbocycles. The number of ether oxygens (including phenoxy) is 1. The Morgan fingerprint density at radius 3 is 2.42 bits per heavy atom. The van der Waals surface area contributed by atoms with Crippen molar-refractivity contribution in [2.24, 2.45) is 0 Å². The van der Waals surface area contributed by atoms with Crippen LogP contribution in [-0.2, 0) is 4.79 Å². The zero-order valence-electron chi connectivity index (χ0n) is 11.5. The highest BCUT2D eigenvalue weighted by Crippen LogP contribution is 2.21. The summed E-state index contributed by atoms with van der Waals surface area (Å²) in [6.07, 6.45) is -0.497. The lowest BCUT2D eigenvalue weighted by Gasteiger charge is -2.16. The first kappa shape index (κ1) is 13.4. The number of hydrogen-bond donors (Lipinski definition) is 1. The molecule has 1 N–H and O–H groups in total. The van der Waals surface area contributed by atoms with Gasteiger partial charge in [-0.3, -0.25) is 4.79 Å². The van der Waals surface area contributed by atoms with Gasteiger partial charge in [-0.1, -0.05) is 30.3 Å². The summed E-state index contributed by atoms with van der Waals surface area (Å²) >= 11 is 0. The summed E-state index contributed by atoms with van der Waals surface area (Å²) in [6.45, 7) is 5.62. The molecule has 1 amide bonds. The molecule has 3 heteroatoms. The summed E-state index contributed by atoms with van der Waals surface area (Å²) in [5.74, 6) is 0.619. The summed E-state index contributed by atoms with van der Waals surface area (Å²) in [6, 6.07) is 14.0. The van der Waals surface area contributed by atoms with Gasteiger partial charge in [0.2, 0.25) is 0 Å². The first-order chi connectivity index (χ1) is 9.06. The van der Waals surface area contributed by atoms with Gasteiger partial charge in [0.1, 0.15) is 5.75 Å². The van der Waals surface area contributed by atoms with Crippen LogP contribution >= 0.6 is 0 Å². The van der Waals surface area contributed by atoms with Crippen LogP contribution in [0.2, 0.25) is 0 Å². The second kappa shape index (κ2) is 5.74. The SMILES string of the molecule is CC(C)NC(=O)[C@@H](C)Oc1ccc2ccccc2c1. The Hall–Kier alpha value is -2.03. The molecular formula is C16H19NO2. The van der Waals surface area contributed by atoms with E-state index < -0.39 is 6.10 Å². The van der Waals surface area contributed by atoms with Crippen molar-refractivity contribution in [1.29, 1.82) is 0 Å². The van der Waals surface area contributed by atoms with Gasteiger partial charge in [0.25, 0.3) is 5.91 Å². The van der Waals surface area contributed by atoms with Crippen molar-refractivity contribution in [3.8, 4) is 5.75 Å². The highest BCUT2D eigenvalue weighted by Gasteiger charge is 2.15. The molecule has 0 unspecified atom stereocenters. The minimum atomic E-state index is -0.497. The maximum atomic E-state index is 11.8. The molecule has 0 saturated carbocycles. The Balaban J connectivity index is 2.10. The van der Waals surface area contributed by atoms with E-state index in [0.717, 1.165) is 10.8 Å². The number of carbonyl (C=O) groups excluding carboxylic acids is 1. The van der Waals surface area contributed by atoms with Gasteiger partial charge in [-0.15, -0.1) is 0 Å². The topological polar surface area (TPSA) is 38.3 Å². The summed E-state index contributed by atoms with van der Waals surface area (Å²) in [7, 11) is 0. The van der Waals surface area contributed by atoms with E-state index in [1.54, 1.807) is 6.92 Å². The first-order valence-corrected chi connectivity index (χ1v) is 6.52. The van der Waals surface area contributed by atoms with Crippen LogP contribution in [-0.4, -0.2) is 18.1 Å². The summed E-state index contributed by atoms with van der Waals surface area (Å²) in [5, 5.41) is 5.11. The number of amides is 1. The minimum absolute atomic E-state index is 0.0943. The van der Waals surface area contributed by atoms with Crippen molar-refractivity contribution >= 4 is 16.7 Å². The van der Waals surface area contributed by atoms with E-state index in [-0.39, 0.29) is 11.9 Å². The minimum Gasteiger partial charge on any atom is -0.481 e. The molecule has 0 aromatic heterocycles. The standard InChI is InChI=1S/C16H19NO2/c1-11(2)17-16(18)12(3)19-15-9-8-13-6-4-5-7-14(13)10-15/h4-12H,1-3H3,(H,17,18)/t12-/m1/s1. The van der Waals surface area contributed by atoms with E-state index in [4.69, 9.17) is 4.74 Å². The van der Waals surface area contributed by atoms with Gasteiger partial charge in [-0.25, -0.2) is 0 Å². The predicted octanol–water partition coefficient (Wildman–Crippen LogP) is 3.13. The number of rotatable bonds is 4. The Morgan fingerprint density at radius 2 is 1.74 bits per heavy atom. The molecule has 1 atom stereocenters. The normalized spacial score (nSPS) is 12.4. The van der Waals surface area contributed by atoms with Crippen molar-refractivity contribution in [2.75, 3.05) is 0 Å². The molecule has 0 heterocycles. The maximum Gasteiger partial charge on any atom is 0.260 e. The number of carbonyl (C=O) groups is 1. The largest absolute Gasteiger partial charge is 0.481 e. The summed E-state index contributed by atoms with van der Waals surface area (Å²) in [4.78, 5) is 11.8. The van der Waals surface area contributed by atoms with Crippen LogP contribution in [0.4, 0.5) is 0 Å². The molecule has 2 rings (SSSR count). The Bertz CT molecular complexity index is 578. The second-order valence-corrected chi connectivity index (χ2v) is 4.93. The smallest absolute Gasteiger partial charge is 0.260 e. The Kier molecular flexibility index (Phi) is 4.05. The predicted molar refractivity (Wildman–Crippen MR) is 77.3 cm³/mol. The van der Waals surface area contributed by atoms with E-state index in [1.165, 1.54) is 0 Å². The summed E-state index contributed by atoms with van der Waals surface area (Å²) < 4.78 is 5.67. The van der Waals surface area contributed by atoms with E-state index in [9.17, 15) is 4.79 Å². The second-order valence-electron chi connectivity index (χ2n) is 4.93. The monoisotopic (exact) mass is 257 g/mol. The van der Waals surface area contributed by atoms with Crippen molar-refractivity contribution in [1.82, 2.24) is 5.32 Å². The molecule has 0 spiro atoms. The van der Waals surface area contributed by atoms with Gasteiger partial charge in [-0.2, -0.15) is 0 Å². The number of hydrogen-bond acceptors (Lipinski definition) is 2. The maximum absolute atomic E-state index is 11.8. The fraction of sp³-hybridized carbons (Fsp3) is 0.312. The van der Waals surface area contributed by atoms with Gasteiger partial charge < -0.3 is 10.1 Å². The van der Waals surface area contributed by atoms with Gasteiger partial charge in [0.05, 0.1) is 0 Å². The quantitative estimate of drug-likeness (QED) is 0.913. The average Bonchev–Trinajstić information content (AvgIpc) is 2.37. The van der Waals surface area contributed by atoms with E-state index in [1.807, 2.05) is 56.3 Å². The Morgan fingerprint density at radius 1 is 1.05 bits per heavy atom. The van der Waals surface area contributed by atoms with Gasteiger partial charge in [0.15, 0.2) is 6.10 Å². The molecular weight excluding hydrogens is 238 g/mol. The lowest BCUT2D eigenvalue weighted by Crippen LogP contribution is -2.39. The molecule has 2 aromatic rings. The van der Waals surface area contributed by atoms with E-state index in [0.29, 0.717) is 5.75 Å². The third kappa shape index (κ3) is 3.47. The highest BCUT2D eigenvalue weighted by atomic mass is 16.5. The zero-order valence-corrected chi connectivity index (χ0v) is 11.5. The van der Waals surface area contributed by atoms with Crippen molar-refractivity contribution in [3.63, 3.8) is 0 Å². The van der Waals surface area contributed by atoms with Gasteiger partial charge >= 0.3 is 0 Å². The van der Waals surface area contributed by atoms with Crippen molar-refractivity contribution in [2.45, 2.75) is 32.9 Å². The van der Waals surface area contributed by atoms with Crippen LogP contribution in [0.3, 0.4) is 0 Å². The molecule has 0 aliphatic rings. The van der Waals surface area contributed by atoms with Crippen LogP contribution in [0.25, 0.3) is 10.8 Å². The molecule has 0 aliphatic heterocycles. The van der Waals surface area contributed by atoms with Crippen LogP contribution in [0.1, 0.15) is 20.8 Å². The first-order valence-electron chi connectivity index (χ1n) is 6.52.